The highest BCUT2D eigenvalue weighted by atomic mass is 35.5. The Morgan fingerprint density at radius 1 is 1.04 bits per heavy atom. The SMILES string of the molecule is COC1NC(=Cc2ccc(Cl)cc2Cl)C(=O)N1N=Cc1ccc(Cl)cc1Cl. The second-order valence-electron chi connectivity index (χ2n) is 5.52. The van der Waals surface area contributed by atoms with E-state index in [1.807, 2.05) is 0 Å². The number of methoxy groups -OCH3 is 1. The molecule has 1 amide bonds. The van der Waals surface area contributed by atoms with Crippen LogP contribution in [0.15, 0.2) is 47.2 Å². The standard InChI is InChI=1S/C18H13Cl4N3O2/c1-27-18-24-16(6-10-2-4-12(19)7-14(10)21)17(26)25(18)23-9-11-3-5-13(20)8-15(11)22/h2-9,18,24H,1H3. The predicted octanol–water partition coefficient (Wildman–Crippen LogP) is 5.04. The molecule has 0 radical (unpaired) electrons. The third-order valence-corrected chi connectivity index (χ3v) is 4.83. The predicted molar refractivity (Wildman–Crippen MR) is 109 cm³/mol. The van der Waals surface area contributed by atoms with Gasteiger partial charge >= 0.3 is 0 Å². The largest absolute Gasteiger partial charge is 0.342 e. The van der Waals surface area contributed by atoms with Crippen molar-refractivity contribution in [3.8, 4) is 0 Å². The van der Waals surface area contributed by atoms with Crippen molar-refractivity contribution in [2.75, 3.05) is 7.11 Å². The summed E-state index contributed by atoms with van der Waals surface area (Å²) in [6.45, 7) is 0. The number of halogens is 4. The van der Waals surface area contributed by atoms with Crippen LogP contribution in [0.1, 0.15) is 11.1 Å². The first kappa shape index (κ1) is 20.0. The summed E-state index contributed by atoms with van der Waals surface area (Å²) in [6, 6.07) is 9.98. The minimum atomic E-state index is -0.767. The second-order valence-corrected chi connectivity index (χ2v) is 7.20. The monoisotopic (exact) mass is 443 g/mol. The number of hydrogen-bond donors (Lipinski definition) is 1. The van der Waals surface area contributed by atoms with Crippen molar-refractivity contribution >= 4 is 64.6 Å². The van der Waals surface area contributed by atoms with Crippen molar-refractivity contribution in [2.24, 2.45) is 5.10 Å². The number of carbonyl (C=O) groups is 1. The molecule has 1 N–H and O–H groups in total. The van der Waals surface area contributed by atoms with Crippen LogP contribution in [0, 0.1) is 0 Å². The summed E-state index contributed by atoms with van der Waals surface area (Å²) in [5, 5.41) is 10.2. The fourth-order valence-corrected chi connectivity index (χ4v) is 3.29. The number of hydrogen-bond acceptors (Lipinski definition) is 4. The Morgan fingerprint density at radius 2 is 1.63 bits per heavy atom. The molecular weight excluding hydrogens is 432 g/mol. The van der Waals surface area contributed by atoms with Gasteiger partial charge < -0.3 is 10.1 Å². The first-order valence-corrected chi connectivity index (χ1v) is 9.19. The smallest absolute Gasteiger partial charge is 0.294 e. The van der Waals surface area contributed by atoms with Gasteiger partial charge in [0.1, 0.15) is 5.70 Å². The quantitative estimate of drug-likeness (QED) is 0.531. The molecule has 0 aromatic heterocycles. The lowest BCUT2D eigenvalue weighted by molar-refractivity contribution is -0.133. The van der Waals surface area contributed by atoms with Crippen molar-refractivity contribution < 1.29 is 9.53 Å². The van der Waals surface area contributed by atoms with E-state index in [0.717, 1.165) is 0 Å². The lowest BCUT2D eigenvalue weighted by atomic mass is 10.2. The molecule has 2 aromatic carbocycles. The molecule has 1 aliphatic rings. The van der Waals surface area contributed by atoms with E-state index in [-0.39, 0.29) is 11.6 Å². The topological polar surface area (TPSA) is 53.9 Å². The summed E-state index contributed by atoms with van der Waals surface area (Å²) in [6.07, 6.45) is 2.30. The Kier molecular flexibility index (Phi) is 6.29. The molecule has 1 atom stereocenters. The highest BCUT2D eigenvalue weighted by molar-refractivity contribution is 6.36. The van der Waals surface area contributed by atoms with E-state index in [1.165, 1.54) is 18.3 Å². The van der Waals surface area contributed by atoms with Crippen LogP contribution in [0.2, 0.25) is 20.1 Å². The van der Waals surface area contributed by atoms with Crippen LogP contribution in [-0.2, 0) is 9.53 Å². The van der Waals surface area contributed by atoms with Crippen LogP contribution in [-0.4, -0.2) is 30.6 Å². The Bertz CT molecular complexity index is 946. The van der Waals surface area contributed by atoms with Gasteiger partial charge in [0.2, 0.25) is 6.35 Å². The zero-order valence-electron chi connectivity index (χ0n) is 13.9. The van der Waals surface area contributed by atoms with E-state index in [1.54, 1.807) is 42.5 Å². The maximum Gasteiger partial charge on any atom is 0.294 e. The molecular formula is C18H13Cl4N3O2. The second kappa shape index (κ2) is 8.50. The van der Waals surface area contributed by atoms with Gasteiger partial charge in [-0.15, -0.1) is 0 Å². The van der Waals surface area contributed by atoms with Crippen LogP contribution in [0.5, 0.6) is 0 Å². The molecule has 0 spiro atoms. The molecule has 27 heavy (non-hydrogen) atoms. The molecule has 1 unspecified atom stereocenters. The molecule has 2 aromatic rings. The number of hydrazone groups is 1. The highest BCUT2D eigenvalue weighted by Gasteiger charge is 2.35. The van der Waals surface area contributed by atoms with Crippen molar-refractivity contribution in [3.63, 3.8) is 0 Å². The number of ether oxygens (including phenoxy) is 1. The lowest BCUT2D eigenvalue weighted by Crippen LogP contribution is -2.35. The van der Waals surface area contributed by atoms with Gasteiger partial charge in [-0.05, 0) is 35.9 Å². The highest BCUT2D eigenvalue weighted by Crippen LogP contribution is 2.25. The van der Waals surface area contributed by atoms with E-state index in [2.05, 4.69) is 10.4 Å². The van der Waals surface area contributed by atoms with Crippen molar-refractivity contribution in [3.05, 3.63) is 73.3 Å². The molecule has 140 valence electrons. The van der Waals surface area contributed by atoms with Gasteiger partial charge in [-0.2, -0.15) is 10.1 Å². The van der Waals surface area contributed by atoms with E-state index in [0.29, 0.717) is 31.2 Å². The number of nitrogens with zero attached hydrogens (tertiary/aromatic N) is 2. The number of amides is 1. The molecule has 0 saturated carbocycles. The van der Waals surface area contributed by atoms with Gasteiger partial charge in [0.15, 0.2) is 0 Å². The van der Waals surface area contributed by atoms with Gasteiger partial charge in [-0.25, -0.2) is 0 Å². The summed E-state index contributed by atoms with van der Waals surface area (Å²) in [5.41, 5.74) is 1.53. The minimum Gasteiger partial charge on any atom is -0.342 e. The number of carbonyl (C=O) groups excluding carboxylic acids is 1. The zero-order valence-corrected chi connectivity index (χ0v) is 16.9. The average Bonchev–Trinajstić information content (AvgIpc) is 2.92. The minimum absolute atomic E-state index is 0.283. The van der Waals surface area contributed by atoms with Gasteiger partial charge in [-0.3, -0.25) is 4.79 Å². The lowest BCUT2D eigenvalue weighted by Gasteiger charge is -2.16. The summed E-state index contributed by atoms with van der Waals surface area (Å²) in [4.78, 5) is 12.7. The Labute approximate surface area is 176 Å². The average molecular weight is 445 g/mol. The summed E-state index contributed by atoms with van der Waals surface area (Å²) in [7, 11) is 1.46. The van der Waals surface area contributed by atoms with Crippen LogP contribution < -0.4 is 5.32 Å². The maximum absolute atomic E-state index is 12.7. The molecule has 3 rings (SSSR count). The Balaban J connectivity index is 1.87. The van der Waals surface area contributed by atoms with E-state index < -0.39 is 6.35 Å². The van der Waals surface area contributed by atoms with Gasteiger partial charge in [-0.1, -0.05) is 58.5 Å². The first-order valence-electron chi connectivity index (χ1n) is 7.67. The summed E-state index contributed by atoms with van der Waals surface area (Å²) < 4.78 is 5.28. The molecule has 5 nitrogen and oxygen atoms in total. The third-order valence-electron chi connectivity index (χ3n) is 3.71. The number of rotatable bonds is 4. The fourth-order valence-electron chi connectivity index (χ4n) is 2.37. The fraction of sp³-hybridized carbons (Fsp3) is 0.111. The molecule has 1 aliphatic heterocycles. The van der Waals surface area contributed by atoms with Crippen LogP contribution >= 0.6 is 46.4 Å². The van der Waals surface area contributed by atoms with Gasteiger partial charge in [0.05, 0.1) is 11.2 Å². The van der Waals surface area contributed by atoms with Crippen LogP contribution in [0.3, 0.4) is 0 Å². The number of nitrogens with one attached hydrogen (secondary N) is 1. The summed E-state index contributed by atoms with van der Waals surface area (Å²) >= 11 is 24.1. The molecule has 1 saturated heterocycles. The van der Waals surface area contributed by atoms with Crippen LogP contribution in [0.4, 0.5) is 0 Å². The molecule has 0 aliphatic carbocycles. The Hall–Kier alpha value is -1.76. The molecule has 9 heteroatoms. The van der Waals surface area contributed by atoms with Crippen molar-refractivity contribution in [2.45, 2.75) is 6.35 Å². The van der Waals surface area contributed by atoms with Crippen LogP contribution in [0.25, 0.3) is 6.08 Å². The normalized spacial score (nSPS) is 18.6. The summed E-state index contributed by atoms with van der Waals surface area (Å²) in [5.74, 6) is -0.380. The number of benzene rings is 2. The molecule has 1 heterocycles. The van der Waals surface area contributed by atoms with Crippen molar-refractivity contribution in [1.29, 1.82) is 0 Å². The molecule has 1 fully saturated rings. The third kappa shape index (κ3) is 4.57. The van der Waals surface area contributed by atoms with Gasteiger partial charge in [0.25, 0.3) is 5.91 Å². The first-order chi connectivity index (χ1) is 12.9. The maximum atomic E-state index is 12.7. The van der Waals surface area contributed by atoms with E-state index in [9.17, 15) is 4.79 Å². The zero-order chi connectivity index (χ0) is 19.6. The van der Waals surface area contributed by atoms with Gasteiger partial charge in [0, 0.05) is 27.7 Å². The molecule has 0 bridgehead atoms. The van der Waals surface area contributed by atoms with Crippen molar-refractivity contribution in [1.82, 2.24) is 10.3 Å². The van der Waals surface area contributed by atoms with E-state index >= 15 is 0 Å². The Morgan fingerprint density at radius 3 is 2.19 bits per heavy atom. The van der Waals surface area contributed by atoms with E-state index in [4.69, 9.17) is 51.1 Å².